The Bertz CT molecular complexity index is 1590. The number of carbonyl (C=O) groups excluding carboxylic acids is 1. The first-order chi connectivity index (χ1) is 17.8. The summed E-state index contributed by atoms with van der Waals surface area (Å²) < 4.78 is 27.2. The Kier molecular flexibility index (Phi) is 6.77. The summed E-state index contributed by atoms with van der Waals surface area (Å²) in [5.41, 5.74) is 5.16. The summed E-state index contributed by atoms with van der Waals surface area (Å²) in [4.78, 5) is 23.3. The third-order valence-corrected chi connectivity index (χ3v) is 7.43. The number of fused-ring (bicyclic) bond motifs is 2. The normalized spacial score (nSPS) is 14.2. The van der Waals surface area contributed by atoms with Crippen LogP contribution in [0.1, 0.15) is 17.5 Å². The van der Waals surface area contributed by atoms with Crippen LogP contribution in [0.4, 0.5) is 23.0 Å². The number of aromatic nitrogens is 2. The van der Waals surface area contributed by atoms with Crippen LogP contribution >= 0.6 is 0 Å². The summed E-state index contributed by atoms with van der Waals surface area (Å²) in [6.45, 7) is 0.196. The first kappa shape index (κ1) is 24.7. The number of para-hydroxylation sites is 2. The van der Waals surface area contributed by atoms with Crippen LogP contribution in [0.3, 0.4) is 0 Å². The van der Waals surface area contributed by atoms with Gasteiger partial charge in [-0.15, -0.1) is 0 Å². The van der Waals surface area contributed by atoms with E-state index in [1.807, 2.05) is 24.3 Å². The van der Waals surface area contributed by atoms with Gasteiger partial charge in [0.05, 0.1) is 17.6 Å². The van der Waals surface area contributed by atoms with E-state index >= 15 is 0 Å². The highest BCUT2D eigenvalue weighted by atomic mass is 32.2. The zero-order valence-electron chi connectivity index (χ0n) is 20.7. The van der Waals surface area contributed by atoms with Crippen molar-refractivity contribution in [3.8, 4) is 0 Å². The van der Waals surface area contributed by atoms with Gasteiger partial charge in [0.15, 0.2) is 11.6 Å². The molecule has 37 heavy (non-hydrogen) atoms. The van der Waals surface area contributed by atoms with Gasteiger partial charge in [-0.05, 0) is 86.9 Å². The Hall–Kier alpha value is -4.02. The maximum atomic E-state index is 13.5. The fourth-order valence-corrected chi connectivity index (χ4v) is 5.44. The molecule has 1 aliphatic carbocycles. The van der Waals surface area contributed by atoms with E-state index < -0.39 is 10.0 Å². The summed E-state index contributed by atoms with van der Waals surface area (Å²) in [5, 5.41) is 6.04. The molecular formula is C27H29N6O3S+. The minimum Gasteiger partial charge on any atom is -0.337 e. The van der Waals surface area contributed by atoms with E-state index in [9.17, 15) is 13.2 Å². The molecule has 1 amide bonds. The number of aryl methyl sites for hydroxylation is 2. The highest BCUT2D eigenvalue weighted by molar-refractivity contribution is 7.92. The summed E-state index contributed by atoms with van der Waals surface area (Å²) >= 11 is 0. The molecule has 3 aromatic carbocycles. The summed E-state index contributed by atoms with van der Waals surface area (Å²) in [7, 11) is -0.210. The molecule has 1 unspecified atom stereocenters. The largest absolute Gasteiger partial charge is 0.397 e. The first-order valence-corrected chi connectivity index (χ1v) is 13.5. The van der Waals surface area contributed by atoms with Crippen LogP contribution in [0.2, 0.25) is 0 Å². The number of anilines is 4. The summed E-state index contributed by atoms with van der Waals surface area (Å²) in [6, 6.07) is 19.8. The van der Waals surface area contributed by atoms with Gasteiger partial charge in [-0.25, -0.2) is 18.9 Å². The van der Waals surface area contributed by atoms with Gasteiger partial charge >= 0.3 is 10.0 Å². The maximum Gasteiger partial charge on any atom is 0.397 e. The lowest BCUT2D eigenvalue weighted by molar-refractivity contribution is -0.116. The van der Waals surface area contributed by atoms with Gasteiger partial charge in [-0.1, -0.05) is 24.3 Å². The van der Waals surface area contributed by atoms with Crippen LogP contribution < -0.4 is 15.4 Å². The minimum atomic E-state index is -3.79. The Balaban J connectivity index is 1.46. The Morgan fingerprint density at radius 1 is 0.919 bits per heavy atom. The van der Waals surface area contributed by atoms with Crippen molar-refractivity contribution < 1.29 is 13.2 Å². The van der Waals surface area contributed by atoms with E-state index in [0.29, 0.717) is 22.5 Å². The molecule has 190 valence electrons. The van der Waals surface area contributed by atoms with E-state index in [2.05, 4.69) is 32.5 Å². The van der Waals surface area contributed by atoms with Gasteiger partial charge in [0.25, 0.3) is 0 Å². The van der Waals surface area contributed by atoms with Crippen LogP contribution in [0, 0.1) is 0 Å². The molecule has 0 aliphatic heterocycles. The van der Waals surface area contributed by atoms with Gasteiger partial charge in [-0.2, -0.15) is 4.21 Å². The van der Waals surface area contributed by atoms with Crippen molar-refractivity contribution in [2.45, 2.75) is 24.2 Å². The molecule has 10 heteroatoms. The van der Waals surface area contributed by atoms with Crippen molar-refractivity contribution in [1.82, 2.24) is 14.9 Å². The van der Waals surface area contributed by atoms with Crippen molar-refractivity contribution in [2.24, 2.45) is 0 Å². The number of rotatable bonds is 8. The maximum absolute atomic E-state index is 13.5. The summed E-state index contributed by atoms with van der Waals surface area (Å²) in [6.07, 6.45) is 3.26. The molecule has 5 rings (SSSR count). The van der Waals surface area contributed by atoms with Crippen molar-refractivity contribution in [3.63, 3.8) is 0 Å². The zero-order valence-corrected chi connectivity index (χ0v) is 21.5. The molecular weight excluding hydrogens is 488 g/mol. The second-order valence-electron chi connectivity index (χ2n) is 9.31. The molecule has 4 aromatic rings. The van der Waals surface area contributed by atoms with Crippen molar-refractivity contribution in [2.75, 3.05) is 36.0 Å². The molecule has 0 bridgehead atoms. The predicted octanol–water partition coefficient (Wildman–Crippen LogP) is 4.32. The molecule has 1 aliphatic rings. The van der Waals surface area contributed by atoms with Gasteiger partial charge in [-0.3, -0.25) is 4.79 Å². The van der Waals surface area contributed by atoms with Gasteiger partial charge in [0, 0.05) is 11.4 Å². The van der Waals surface area contributed by atoms with E-state index in [4.69, 9.17) is 4.98 Å². The molecule has 0 saturated carbocycles. The molecule has 0 radical (unpaired) electrons. The average Bonchev–Trinajstić information content (AvgIpc) is 3.32. The fraction of sp³-hybridized carbons (Fsp3) is 0.222. The van der Waals surface area contributed by atoms with E-state index in [0.717, 1.165) is 24.9 Å². The first-order valence-electron chi connectivity index (χ1n) is 12.0. The minimum absolute atomic E-state index is 0.105. The standard InChI is InChI=1S/C27H28N6O3S/c1-33(2)17-25(34)28-20-9-6-10-22(16-20)37(35,36)32-27-26(30-23-11-3-4-12-24(23)31-27)29-21-14-13-18-7-5-8-19(18)15-21/h3-4,6,9-16H,5,7-8,17H2,1-2H3,(H,28,34)(H,29,30)(H,31,32,35,36)/p+1. The third-order valence-electron chi connectivity index (χ3n) is 6.06. The molecule has 1 aromatic heterocycles. The second kappa shape index (κ2) is 10.2. The average molecular weight is 518 g/mol. The second-order valence-corrected chi connectivity index (χ2v) is 11.0. The predicted molar refractivity (Wildman–Crippen MR) is 147 cm³/mol. The fourth-order valence-electron chi connectivity index (χ4n) is 4.37. The molecule has 9 nitrogen and oxygen atoms in total. The Morgan fingerprint density at radius 3 is 2.41 bits per heavy atom. The van der Waals surface area contributed by atoms with Crippen LogP contribution in [0.15, 0.2) is 71.6 Å². The molecule has 0 saturated heterocycles. The number of carbonyl (C=O) groups is 1. The lowest BCUT2D eigenvalue weighted by atomic mass is 10.1. The number of likely N-dealkylation sites (N-methyl/N-ethyl adjacent to an activating group) is 1. The van der Waals surface area contributed by atoms with E-state index in [-0.39, 0.29) is 23.2 Å². The number of nitrogens with one attached hydrogen (secondary N) is 3. The SMILES string of the molecule is CN(C)CC(=O)Nc1cccc(S(=O)(=[OH+])Nc2nc3ccccc3nc2Nc2ccc3c(c2)CCC3)c1. The Labute approximate surface area is 216 Å². The quantitative estimate of drug-likeness (QED) is 0.299. The van der Waals surface area contributed by atoms with Crippen LogP contribution in [0.5, 0.6) is 0 Å². The zero-order chi connectivity index (χ0) is 26.0. The van der Waals surface area contributed by atoms with Crippen LogP contribution in [-0.4, -0.2) is 49.8 Å². The molecule has 1 heterocycles. The van der Waals surface area contributed by atoms with E-state index in [1.54, 1.807) is 37.2 Å². The van der Waals surface area contributed by atoms with Crippen LogP contribution in [-0.2, 0) is 27.7 Å². The molecule has 4 N–H and O–H groups in total. The van der Waals surface area contributed by atoms with Crippen LogP contribution in [0.25, 0.3) is 11.0 Å². The number of hydrogen-bond donors (Lipinski definition) is 3. The lowest BCUT2D eigenvalue weighted by Crippen LogP contribution is -2.27. The smallest absolute Gasteiger partial charge is 0.337 e. The number of benzene rings is 3. The van der Waals surface area contributed by atoms with Gasteiger partial charge in [0.1, 0.15) is 4.90 Å². The summed E-state index contributed by atoms with van der Waals surface area (Å²) in [5.74, 6) is 0.267. The molecule has 1 atom stereocenters. The third kappa shape index (κ3) is 5.71. The monoisotopic (exact) mass is 517 g/mol. The number of nitrogens with zero attached hydrogens (tertiary/aromatic N) is 3. The topological polar surface area (TPSA) is 121 Å². The lowest BCUT2D eigenvalue weighted by Gasteiger charge is -2.13. The van der Waals surface area contributed by atoms with Gasteiger partial charge < -0.3 is 15.5 Å². The molecule has 0 fully saturated rings. The molecule has 0 spiro atoms. The van der Waals surface area contributed by atoms with Gasteiger partial charge in [0.2, 0.25) is 5.91 Å². The van der Waals surface area contributed by atoms with Crippen molar-refractivity contribution >= 4 is 50.0 Å². The number of amides is 1. The Morgan fingerprint density at radius 2 is 1.65 bits per heavy atom. The highest BCUT2D eigenvalue weighted by Gasteiger charge is 2.25. The number of hydrogen-bond acceptors (Lipinski definition) is 6. The van der Waals surface area contributed by atoms with Crippen molar-refractivity contribution in [1.29, 1.82) is 0 Å². The highest BCUT2D eigenvalue weighted by Crippen LogP contribution is 2.30. The van der Waals surface area contributed by atoms with E-state index in [1.165, 1.54) is 23.3 Å². The van der Waals surface area contributed by atoms with Crippen molar-refractivity contribution in [3.05, 3.63) is 77.9 Å².